The maximum absolute atomic E-state index is 12.4. The number of anilines is 1. The van der Waals surface area contributed by atoms with Crippen molar-refractivity contribution in [1.82, 2.24) is 4.90 Å². The second kappa shape index (κ2) is 8.61. The van der Waals surface area contributed by atoms with Crippen LogP contribution in [0.4, 0.5) is 10.5 Å². The topological polar surface area (TPSA) is 127 Å². The highest BCUT2D eigenvalue weighted by atomic mass is 32.2. The Morgan fingerprint density at radius 3 is 2.55 bits per heavy atom. The van der Waals surface area contributed by atoms with Crippen molar-refractivity contribution in [1.29, 1.82) is 0 Å². The SMILES string of the molecule is O=C(CCN1C(=O)S/C(=C\c2ccccc2)C1=O)Nc1ccc([O-])cc1C(=O)O. The summed E-state index contributed by atoms with van der Waals surface area (Å²) in [4.78, 5) is 49.2. The number of carbonyl (C=O) groups is 4. The molecule has 0 aromatic heterocycles. The highest BCUT2D eigenvalue weighted by Gasteiger charge is 2.35. The predicted molar refractivity (Wildman–Crippen MR) is 105 cm³/mol. The summed E-state index contributed by atoms with van der Waals surface area (Å²) in [5, 5.41) is 22.3. The van der Waals surface area contributed by atoms with Gasteiger partial charge in [-0.05, 0) is 29.5 Å². The van der Waals surface area contributed by atoms with E-state index in [0.717, 1.165) is 34.4 Å². The molecule has 3 amide bonds. The number of aromatic carboxylic acids is 1. The van der Waals surface area contributed by atoms with Crippen LogP contribution in [-0.4, -0.2) is 39.6 Å². The summed E-state index contributed by atoms with van der Waals surface area (Å²) in [6.07, 6.45) is 1.39. The van der Waals surface area contributed by atoms with Crippen LogP contribution in [0.5, 0.6) is 5.75 Å². The number of hydrogen-bond acceptors (Lipinski definition) is 6. The molecule has 3 rings (SSSR count). The van der Waals surface area contributed by atoms with Gasteiger partial charge in [0.1, 0.15) is 0 Å². The second-order valence-electron chi connectivity index (χ2n) is 6.05. The van der Waals surface area contributed by atoms with Gasteiger partial charge in [-0.2, -0.15) is 0 Å². The minimum atomic E-state index is -1.35. The van der Waals surface area contributed by atoms with Crippen molar-refractivity contribution in [3.8, 4) is 5.75 Å². The average molecular weight is 411 g/mol. The first-order valence-electron chi connectivity index (χ1n) is 8.50. The number of carboxylic acids is 1. The largest absolute Gasteiger partial charge is 0.872 e. The van der Waals surface area contributed by atoms with Gasteiger partial charge >= 0.3 is 5.97 Å². The first kappa shape index (κ1) is 20.2. The van der Waals surface area contributed by atoms with Gasteiger partial charge in [-0.25, -0.2) is 4.79 Å². The van der Waals surface area contributed by atoms with Gasteiger partial charge in [-0.3, -0.25) is 19.3 Å². The van der Waals surface area contributed by atoms with Crippen LogP contribution in [0.1, 0.15) is 22.3 Å². The van der Waals surface area contributed by atoms with Gasteiger partial charge in [0.15, 0.2) is 0 Å². The molecule has 148 valence electrons. The first-order chi connectivity index (χ1) is 13.8. The molecular weight excluding hydrogens is 396 g/mol. The number of hydrogen-bond donors (Lipinski definition) is 2. The number of amides is 3. The van der Waals surface area contributed by atoms with E-state index in [0.29, 0.717) is 0 Å². The summed E-state index contributed by atoms with van der Waals surface area (Å²) in [6, 6.07) is 12.3. The van der Waals surface area contributed by atoms with E-state index in [1.165, 1.54) is 6.07 Å². The number of carboxylic acid groups (broad SMARTS) is 1. The summed E-state index contributed by atoms with van der Waals surface area (Å²) >= 11 is 0.795. The van der Waals surface area contributed by atoms with Gasteiger partial charge < -0.3 is 15.5 Å². The molecule has 2 aromatic rings. The van der Waals surface area contributed by atoms with E-state index < -0.39 is 28.8 Å². The zero-order valence-electron chi connectivity index (χ0n) is 15.0. The van der Waals surface area contributed by atoms with Gasteiger partial charge in [-0.15, -0.1) is 5.75 Å². The number of imide groups is 1. The molecule has 0 aliphatic carbocycles. The Kier molecular flexibility index (Phi) is 5.99. The molecule has 9 heteroatoms. The summed E-state index contributed by atoms with van der Waals surface area (Å²) < 4.78 is 0. The molecule has 29 heavy (non-hydrogen) atoms. The molecule has 2 N–H and O–H groups in total. The van der Waals surface area contributed by atoms with Gasteiger partial charge in [0.05, 0.1) is 16.2 Å². The number of carbonyl (C=O) groups excluding carboxylic acids is 3. The highest BCUT2D eigenvalue weighted by Crippen LogP contribution is 2.32. The van der Waals surface area contributed by atoms with E-state index >= 15 is 0 Å². The number of rotatable bonds is 6. The summed E-state index contributed by atoms with van der Waals surface area (Å²) in [5.74, 6) is -2.92. The van der Waals surface area contributed by atoms with E-state index in [1.807, 2.05) is 18.2 Å². The molecule has 0 radical (unpaired) electrons. The molecule has 8 nitrogen and oxygen atoms in total. The summed E-state index contributed by atoms with van der Waals surface area (Å²) in [6.45, 7) is -0.148. The quantitative estimate of drug-likeness (QED) is 0.699. The number of thioether (sulfide) groups is 1. The molecule has 1 saturated heterocycles. The van der Waals surface area contributed by atoms with E-state index in [2.05, 4.69) is 5.32 Å². The Morgan fingerprint density at radius 2 is 1.86 bits per heavy atom. The third kappa shape index (κ3) is 4.82. The average Bonchev–Trinajstić information content (AvgIpc) is 2.95. The van der Waals surface area contributed by atoms with Crippen molar-refractivity contribution in [3.05, 3.63) is 64.6 Å². The normalized spacial score (nSPS) is 15.0. The fourth-order valence-corrected chi connectivity index (χ4v) is 3.49. The smallest absolute Gasteiger partial charge is 0.337 e. The molecule has 0 spiro atoms. The van der Waals surface area contributed by atoms with Crippen LogP contribution in [0.15, 0.2) is 53.4 Å². The van der Waals surface area contributed by atoms with Crippen LogP contribution >= 0.6 is 11.8 Å². The minimum absolute atomic E-state index is 0.0276. The number of benzene rings is 2. The Bertz CT molecular complexity index is 1020. The van der Waals surface area contributed by atoms with E-state index in [-0.39, 0.29) is 29.1 Å². The van der Waals surface area contributed by atoms with Crippen molar-refractivity contribution < 1.29 is 29.4 Å². The van der Waals surface area contributed by atoms with Crippen molar-refractivity contribution in [2.24, 2.45) is 0 Å². The molecule has 1 heterocycles. The highest BCUT2D eigenvalue weighted by molar-refractivity contribution is 8.18. The third-order valence-electron chi connectivity index (χ3n) is 4.03. The van der Waals surface area contributed by atoms with Gasteiger partial charge in [0.25, 0.3) is 11.1 Å². The van der Waals surface area contributed by atoms with E-state index in [4.69, 9.17) is 5.11 Å². The zero-order valence-corrected chi connectivity index (χ0v) is 15.8. The summed E-state index contributed by atoms with van der Waals surface area (Å²) in [5.41, 5.74) is 0.418. The molecule has 0 saturated carbocycles. The second-order valence-corrected chi connectivity index (χ2v) is 7.05. The first-order valence-corrected chi connectivity index (χ1v) is 9.31. The molecule has 1 aliphatic heterocycles. The van der Waals surface area contributed by atoms with Gasteiger partial charge in [-0.1, -0.05) is 42.5 Å². The Balaban J connectivity index is 1.63. The lowest BCUT2D eigenvalue weighted by Crippen LogP contribution is -2.31. The Labute approximate surface area is 169 Å². The lowest BCUT2D eigenvalue weighted by molar-refractivity contribution is -0.268. The monoisotopic (exact) mass is 411 g/mol. The van der Waals surface area contributed by atoms with Crippen LogP contribution in [0.2, 0.25) is 0 Å². The van der Waals surface area contributed by atoms with E-state index in [9.17, 15) is 24.3 Å². The molecule has 0 bridgehead atoms. The van der Waals surface area contributed by atoms with Crippen molar-refractivity contribution in [2.45, 2.75) is 6.42 Å². The Hall–Kier alpha value is -3.59. The van der Waals surface area contributed by atoms with E-state index in [1.54, 1.807) is 18.2 Å². The molecular formula is C20H15N2O6S-. The van der Waals surface area contributed by atoms with Crippen molar-refractivity contribution in [3.63, 3.8) is 0 Å². The van der Waals surface area contributed by atoms with Crippen LogP contribution < -0.4 is 10.4 Å². The molecule has 0 unspecified atom stereocenters. The standard InChI is InChI=1S/C20H16N2O6S/c23-13-6-7-15(14(11-13)19(26)27)21-17(24)8-9-22-18(25)16(29-20(22)28)10-12-4-2-1-3-5-12/h1-7,10-11,23H,8-9H2,(H,21,24)(H,26,27)/p-1/b16-10-. The van der Waals surface area contributed by atoms with Crippen LogP contribution in [-0.2, 0) is 9.59 Å². The van der Waals surface area contributed by atoms with Gasteiger partial charge in [0.2, 0.25) is 5.91 Å². The lowest BCUT2D eigenvalue weighted by atomic mass is 10.1. The van der Waals surface area contributed by atoms with Crippen LogP contribution in [0.25, 0.3) is 6.08 Å². The molecule has 2 aromatic carbocycles. The molecule has 0 atom stereocenters. The minimum Gasteiger partial charge on any atom is -0.872 e. The fourth-order valence-electron chi connectivity index (χ4n) is 2.63. The van der Waals surface area contributed by atoms with Crippen LogP contribution in [0.3, 0.4) is 0 Å². The maximum Gasteiger partial charge on any atom is 0.337 e. The van der Waals surface area contributed by atoms with Crippen molar-refractivity contribution >= 4 is 46.5 Å². The third-order valence-corrected chi connectivity index (χ3v) is 4.94. The summed E-state index contributed by atoms with van der Waals surface area (Å²) in [7, 11) is 0. The van der Waals surface area contributed by atoms with Crippen molar-refractivity contribution in [2.75, 3.05) is 11.9 Å². The molecule has 1 fully saturated rings. The number of nitrogens with zero attached hydrogens (tertiary/aromatic N) is 1. The Morgan fingerprint density at radius 1 is 1.14 bits per heavy atom. The fraction of sp³-hybridized carbons (Fsp3) is 0.100. The zero-order chi connectivity index (χ0) is 21.0. The molecule has 1 aliphatic rings. The number of nitrogens with one attached hydrogen (secondary N) is 1. The van der Waals surface area contributed by atoms with Gasteiger partial charge in [0, 0.05) is 13.0 Å². The van der Waals surface area contributed by atoms with Crippen LogP contribution in [0, 0.1) is 0 Å². The lowest BCUT2D eigenvalue weighted by Gasteiger charge is -2.14. The maximum atomic E-state index is 12.4. The predicted octanol–water partition coefficient (Wildman–Crippen LogP) is 2.52.